The molecule has 0 heterocycles. The van der Waals surface area contributed by atoms with E-state index in [1.165, 1.54) is 12.3 Å². The minimum atomic E-state index is -0.960. The highest BCUT2D eigenvalue weighted by Gasteiger charge is 2.42. The number of nitrogens with one attached hydrogen (secondary N) is 1. The summed E-state index contributed by atoms with van der Waals surface area (Å²) in [5.41, 5.74) is 0.713. The van der Waals surface area contributed by atoms with Crippen LogP contribution < -0.4 is 0 Å². The largest absolute Gasteiger partial charge is 0.481 e. The third-order valence-electron chi connectivity index (χ3n) is 3.15. The zero-order chi connectivity index (χ0) is 14.4. The predicted molar refractivity (Wildman–Crippen MR) is 71.0 cm³/mol. The standard InChI is InChI=1S/C14H19NO4/c1-3-9(13(16)17)11-8-12(11)10(6-5-7-15)14(18)19-4-2/h3,7-10,12,15H,1,4-6H2,2H3,(H,16,17)/t9-,10-,12?/m1/s1. The molecule has 3 atom stereocenters. The summed E-state index contributed by atoms with van der Waals surface area (Å²) in [6.07, 6.45) is 5.37. The molecule has 0 amide bonds. The second-order valence-corrected chi connectivity index (χ2v) is 4.38. The Bertz CT molecular complexity index is 414. The highest BCUT2D eigenvalue weighted by Crippen LogP contribution is 2.43. The number of carbonyl (C=O) groups excluding carboxylic acids is 1. The van der Waals surface area contributed by atoms with Crippen LogP contribution in [0.5, 0.6) is 0 Å². The van der Waals surface area contributed by atoms with Crippen LogP contribution in [0.25, 0.3) is 0 Å². The third kappa shape index (κ3) is 3.77. The van der Waals surface area contributed by atoms with Crippen LogP contribution in [-0.2, 0) is 14.3 Å². The lowest BCUT2D eigenvalue weighted by Crippen LogP contribution is -2.23. The maximum absolute atomic E-state index is 11.9. The van der Waals surface area contributed by atoms with Gasteiger partial charge < -0.3 is 15.3 Å². The number of carbonyl (C=O) groups is 2. The molecule has 19 heavy (non-hydrogen) atoms. The Morgan fingerprint density at radius 3 is 2.79 bits per heavy atom. The van der Waals surface area contributed by atoms with Crippen LogP contribution in [0.4, 0.5) is 0 Å². The van der Waals surface area contributed by atoms with Crippen molar-refractivity contribution in [3.05, 3.63) is 24.3 Å². The van der Waals surface area contributed by atoms with E-state index < -0.39 is 17.8 Å². The Kier molecular flexibility index (Phi) is 5.48. The number of esters is 1. The Morgan fingerprint density at radius 2 is 2.32 bits per heavy atom. The lowest BCUT2D eigenvalue weighted by atomic mass is 9.91. The summed E-state index contributed by atoms with van der Waals surface area (Å²) in [4.78, 5) is 22.9. The van der Waals surface area contributed by atoms with E-state index in [0.29, 0.717) is 25.0 Å². The van der Waals surface area contributed by atoms with E-state index in [1.807, 2.05) is 0 Å². The fourth-order valence-corrected chi connectivity index (χ4v) is 2.15. The molecule has 0 fully saturated rings. The zero-order valence-corrected chi connectivity index (χ0v) is 11.0. The van der Waals surface area contributed by atoms with Gasteiger partial charge in [0.2, 0.25) is 0 Å². The number of aliphatic carboxylic acids is 1. The van der Waals surface area contributed by atoms with Gasteiger partial charge in [-0.05, 0) is 31.6 Å². The van der Waals surface area contributed by atoms with E-state index in [-0.39, 0.29) is 11.9 Å². The lowest BCUT2D eigenvalue weighted by molar-refractivity contribution is -0.149. The van der Waals surface area contributed by atoms with Crippen LogP contribution in [0.2, 0.25) is 0 Å². The lowest BCUT2D eigenvalue weighted by Gasteiger charge is -2.16. The van der Waals surface area contributed by atoms with Crippen molar-refractivity contribution >= 4 is 18.2 Å². The number of carboxylic acid groups (broad SMARTS) is 1. The first-order valence-corrected chi connectivity index (χ1v) is 6.29. The maximum Gasteiger partial charge on any atom is 0.314 e. The Hall–Kier alpha value is -1.91. The van der Waals surface area contributed by atoms with Gasteiger partial charge >= 0.3 is 11.9 Å². The molecule has 0 radical (unpaired) electrons. The highest BCUT2D eigenvalue weighted by molar-refractivity contribution is 5.81. The van der Waals surface area contributed by atoms with Crippen molar-refractivity contribution < 1.29 is 19.4 Å². The molecule has 0 aliphatic heterocycles. The molecule has 0 aromatic carbocycles. The summed E-state index contributed by atoms with van der Waals surface area (Å²) < 4.78 is 5.00. The SMILES string of the molecule is C=C[C@@H](C(=O)O)C1=CC1[C@@H](CCC=N)C(=O)OCC. The molecule has 5 nitrogen and oxygen atoms in total. The molecule has 1 aliphatic carbocycles. The van der Waals surface area contributed by atoms with Crippen LogP contribution in [0.15, 0.2) is 24.3 Å². The first kappa shape index (κ1) is 15.1. The van der Waals surface area contributed by atoms with E-state index in [2.05, 4.69) is 6.58 Å². The minimum absolute atomic E-state index is 0.168. The van der Waals surface area contributed by atoms with Gasteiger partial charge in [0.05, 0.1) is 18.4 Å². The van der Waals surface area contributed by atoms with Gasteiger partial charge in [0.1, 0.15) is 0 Å². The highest BCUT2D eigenvalue weighted by atomic mass is 16.5. The Morgan fingerprint density at radius 1 is 1.63 bits per heavy atom. The summed E-state index contributed by atoms with van der Waals surface area (Å²) >= 11 is 0. The van der Waals surface area contributed by atoms with Gasteiger partial charge in [-0.1, -0.05) is 12.2 Å². The monoisotopic (exact) mass is 265 g/mol. The van der Waals surface area contributed by atoms with Crippen LogP contribution in [-0.4, -0.2) is 29.9 Å². The molecule has 0 aromatic heterocycles. The van der Waals surface area contributed by atoms with Crippen molar-refractivity contribution in [3.8, 4) is 0 Å². The van der Waals surface area contributed by atoms with E-state index in [1.54, 1.807) is 13.0 Å². The van der Waals surface area contributed by atoms with E-state index in [4.69, 9.17) is 15.3 Å². The molecule has 104 valence electrons. The normalized spacial score (nSPS) is 19.8. The van der Waals surface area contributed by atoms with Gasteiger partial charge in [0, 0.05) is 5.92 Å². The number of hydrogen-bond donors (Lipinski definition) is 2. The molecular formula is C14H19NO4. The molecule has 0 spiro atoms. The molecule has 1 aliphatic rings. The number of hydrogen-bond acceptors (Lipinski definition) is 4. The van der Waals surface area contributed by atoms with Crippen LogP contribution in [0, 0.1) is 23.2 Å². The van der Waals surface area contributed by atoms with Gasteiger partial charge in [0.25, 0.3) is 0 Å². The summed E-state index contributed by atoms with van der Waals surface area (Å²) in [7, 11) is 0. The Labute approximate surface area is 112 Å². The molecule has 0 aromatic rings. The van der Waals surface area contributed by atoms with E-state index in [0.717, 1.165) is 0 Å². The summed E-state index contributed by atoms with van der Waals surface area (Å²) in [6.45, 7) is 5.54. The first-order valence-electron chi connectivity index (χ1n) is 6.29. The molecule has 5 heteroatoms. The smallest absolute Gasteiger partial charge is 0.314 e. The number of allylic oxidation sites excluding steroid dienone is 1. The van der Waals surface area contributed by atoms with Crippen molar-refractivity contribution in [1.29, 1.82) is 5.41 Å². The zero-order valence-electron chi connectivity index (χ0n) is 11.0. The fraction of sp³-hybridized carbons (Fsp3) is 0.500. The van der Waals surface area contributed by atoms with Gasteiger partial charge in [-0.3, -0.25) is 9.59 Å². The first-order chi connectivity index (χ1) is 9.06. The molecule has 1 rings (SSSR count). The molecule has 1 unspecified atom stereocenters. The summed E-state index contributed by atoms with van der Waals surface area (Å²) in [5.74, 6) is -2.58. The predicted octanol–water partition coefficient (Wildman–Crippen LogP) is 2.04. The van der Waals surface area contributed by atoms with Crippen LogP contribution in [0.3, 0.4) is 0 Å². The second-order valence-electron chi connectivity index (χ2n) is 4.38. The topological polar surface area (TPSA) is 87.5 Å². The second kappa shape index (κ2) is 6.87. The van der Waals surface area contributed by atoms with Gasteiger partial charge in [0.15, 0.2) is 0 Å². The van der Waals surface area contributed by atoms with E-state index in [9.17, 15) is 9.59 Å². The average molecular weight is 265 g/mol. The van der Waals surface area contributed by atoms with Gasteiger partial charge in [-0.2, -0.15) is 0 Å². The van der Waals surface area contributed by atoms with Crippen LogP contribution >= 0.6 is 0 Å². The number of rotatable bonds is 9. The molecule has 2 N–H and O–H groups in total. The molecule has 0 bridgehead atoms. The quantitative estimate of drug-likeness (QED) is 0.379. The van der Waals surface area contributed by atoms with E-state index >= 15 is 0 Å². The summed E-state index contributed by atoms with van der Waals surface area (Å²) in [6, 6.07) is 0. The molecule has 0 saturated heterocycles. The molecular weight excluding hydrogens is 246 g/mol. The number of ether oxygens (including phenoxy) is 1. The minimum Gasteiger partial charge on any atom is -0.481 e. The van der Waals surface area contributed by atoms with Crippen molar-refractivity contribution in [1.82, 2.24) is 0 Å². The van der Waals surface area contributed by atoms with Crippen molar-refractivity contribution in [3.63, 3.8) is 0 Å². The van der Waals surface area contributed by atoms with Crippen molar-refractivity contribution in [2.24, 2.45) is 17.8 Å². The third-order valence-corrected chi connectivity index (χ3v) is 3.15. The summed E-state index contributed by atoms with van der Waals surface area (Å²) in [5, 5.41) is 16.1. The van der Waals surface area contributed by atoms with Gasteiger partial charge in [-0.25, -0.2) is 0 Å². The van der Waals surface area contributed by atoms with Gasteiger partial charge in [-0.15, -0.1) is 6.58 Å². The van der Waals surface area contributed by atoms with Crippen molar-refractivity contribution in [2.45, 2.75) is 19.8 Å². The Balaban J connectivity index is 2.69. The fourth-order valence-electron chi connectivity index (χ4n) is 2.15. The molecule has 0 saturated carbocycles. The number of carboxylic acids is 1. The average Bonchev–Trinajstić information content (AvgIpc) is 3.10. The maximum atomic E-state index is 11.9. The van der Waals surface area contributed by atoms with Crippen molar-refractivity contribution in [2.75, 3.05) is 6.61 Å². The van der Waals surface area contributed by atoms with Crippen LogP contribution in [0.1, 0.15) is 19.8 Å².